The summed E-state index contributed by atoms with van der Waals surface area (Å²) >= 11 is 0. The molecule has 3 aliphatic heterocycles. The van der Waals surface area contributed by atoms with Crippen LogP contribution in [0.3, 0.4) is 0 Å². The second-order valence-corrected chi connectivity index (χ2v) is 3.56. The molecule has 0 saturated carbocycles. The Labute approximate surface area is 62.6 Å². The zero-order valence-electron chi connectivity index (χ0n) is 6.64. The minimum absolute atomic E-state index is 0.838. The molecule has 2 unspecified atom stereocenters. The molecular weight excluding hydrogens is 124 g/mol. The van der Waals surface area contributed by atoms with Crippen molar-refractivity contribution in [2.24, 2.45) is 0 Å². The summed E-state index contributed by atoms with van der Waals surface area (Å²) in [5.41, 5.74) is 0. The lowest BCUT2D eigenvalue weighted by Crippen LogP contribution is -2.66. The normalized spacial score (nSPS) is 39.3. The van der Waals surface area contributed by atoms with E-state index in [1.807, 2.05) is 0 Å². The lowest BCUT2D eigenvalue weighted by molar-refractivity contribution is 0.0782. The highest BCUT2D eigenvalue weighted by Crippen LogP contribution is 2.20. The molecule has 2 heteroatoms. The van der Waals surface area contributed by atoms with E-state index in [1.54, 1.807) is 0 Å². The average molecular weight is 140 g/mol. The van der Waals surface area contributed by atoms with Crippen molar-refractivity contribution in [2.45, 2.75) is 31.8 Å². The summed E-state index contributed by atoms with van der Waals surface area (Å²) in [6.45, 7) is 6.15. The highest BCUT2D eigenvalue weighted by Gasteiger charge is 2.35. The van der Waals surface area contributed by atoms with Crippen LogP contribution in [0.15, 0.2) is 0 Å². The van der Waals surface area contributed by atoms with Crippen molar-refractivity contribution in [3.8, 4) is 0 Å². The highest BCUT2D eigenvalue weighted by molar-refractivity contribution is 4.97. The maximum Gasteiger partial charge on any atom is 0.0213 e. The molecule has 0 spiro atoms. The van der Waals surface area contributed by atoms with Crippen LogP contribution in [0.2, 0.25) is 0 Å². The molecule has 3 fully saturated rings. The Hall–Kier alpha value is -0.0800. The van der Waals surface area contributed by atoms with Gasteiger partial charge in [0.1, 0.15) is 0 Å². The van der Waals surface area contributed by atoms with Crippen LogP contribution in [0, 0.1) is 0 Å². The van der Waals surface area contributed by atoms with E-state index in [-0.39, 0.29) is 0 Å². The Morgan fingerprint density at radius 1 is 1.40 bits per heavy atom. The van der Waals surface area contributed by atoms with Crippen molar-refractivity contribution in [3.63, 3.8) is 0 Å². The molecule has 1 N–H and O–H groups in total. The molecule has 10 heavy (non-hydrogen) atoms. The molecule has 0 amide bonds. The minimum atomic E-state index is 0.838. The summed E-state index contributed by atoms with van der Waals surface area (Å²) in [6, 6.07) is 1.68. The Kier molecular flexibility index (Phi) is 1.66. The van der Waals surface area contributed by atoms with E-state index < -0.39 is 0 Å². The predicted molar refractivity (Wildman–Crippen MR) is 42.1 cm³/mol. The van der Waals surface area contributed by atoms with Crippen molar-refractivity contribution in [1.82, 2.24) is 10.2 Å². The van der Waals surface area contributed by atoms with Crippen LogP contribution in [-0.2, 0) is 0 Å². The number of nitrogens with one attached hydrogen (secondary N) is 1. The quantitative estimate of drug-likeness (QED) is 0.599. The van der Waals surface area contributed by atoms with Gasteiger partial charge in [-0.15, -0.1) is 0 Å². The molecule has 3 heterocycles. The third kappa shape index (κ3) is 1.06. The van der Waals surface area contributed by atoms with Crippen LogP contribution in [0.5, 0.6) is 0 Å². The van der Waals surface area contributed by atoms with Crippen molar-refractivity contribution < 1.29 is 0 Å². The molecule has 2 bridgehead atoms. The van der Waals surface area contributed by atoms with Gasteiger partial charge in [-0.25, -0.2) is 0 Å². The number of hydrogen-bond acceptors (Lipinski definition) is 2. The molecule has 0 aromatic rings. The summed E-state index contributed by atoms with van der Waals surface area (Å²) < 4.78 is 0. The maximum atomic E-state index is 3.53. The molecule has 2 nitrogen and oxygen atoms in total. The molecule has 3 rings (SSSR count). The van der Waals surface area contributed by atoms with Gasteiger partial charge in [0.2, 0.25) is 0 Å². The van der Waals surface area contributed by atoms with Gasteiger partial charge in [0.05, 0.1) is 0 Å². The summed E-state index contributed by atoms with van der Waals surface area (Å²) in [4.78, 5) is 2.58. The van der Waals surface area contributed by atoms with E-state index in [0.717, 1.165) is 12.1 Å². The number of piperazine rings is 1. The average Bonchev–Trinajstić information content (AvgIpc) is 1.87. The summed E-state index contributed by atoms with van der Waals surface area (Å²) in [5.74, 6) is 0. The summed E-state index contributed by atoms with van der Waals surface area (Å²) in [7, 11) is 0. The fraction of sp³-hybridized carbons (Fsp3) is 1.00. The minimum Gasteiger partial charge on any atom is -0.309 e. The molecule has 3 saturated heterocycles. The zero-order chi connectivity index (χ0) is 6.97. The predicted octanol–water partition coefficient (Wildman–Crippen LogP) is 0.442. The van der Waals surface area contributed by atoms with Crippen molar-refractivity contribution >= 4 is 0 Å². The zero-order valence-corrected chi connectivity index (χ0v) is 6.64. The summed E-state index contributed by atoms with van der Waals surface area (Å²) in [6.07, 6.45) is 2.74. The first kappa shape index (κ1) is 6.62. The van der Waals surface area contributed by atoms with Gasteiger partial charge in [-0.2, -0.15) is 0 Å². The number of nitrogens with zero attached hydrogens (tertiary/aromatic N) is 1. The highest BCUT2D eigenvalue weighted by atomic mass is 15.3. The fourth-order valence-corrected chi connectivity index (χ4v) is 2.10. The van der Waals surface area contributed by atoms with Gasteiger partial charge in [-0.05, 0) is 19.4 Å². The van der Waals surface area contributed by atoms with Gasteiger partial charge < -0.3 is 10.2 Å². The SMILES string of the molecule is CCCN1CC2CC(C1)N2. The first-order chi connectivity index (χ1) is 4.88. The first-order valence-corrected chi connectivity index (χ1v) is 4.37. The van der Waals surface area contributed by atoms with Gasteiger partial charge in [-0.3, -0.25) is 0 Å². The molecule has 0 aliphatic carbocycles. The third-order valence-corrected chi connectivity index (χ3v) is 2.54. The third-order valence-electron chi connectivity index (χ3n) is 2.54. The number of rotatable bonds is 2. The van der Waals surface area contributed by atoms with Crippen LogP contribution in [-0.4, -0.2) is 36.6 Å². The first-order valence-electron chi connectivity index (χ1n) is 4.37. The fourth-order valence-electron chi connectivity index (χ4n) is 2.10. The molecular formula is C8H16N2. The standard InChI is InChI=1S/C8H16N2/c1-2-3-10-5-7-4-8(6-10)9-7/h7-9H,2-6H2,1H3. The van der Waals surface area contributed by atoms with Crippen molar-refractivity contribution in [3.05, 3.63) is 0 Å². The molecule has 0 radical (unpaired) electrons. The Bertz CT molecular complexity index is 108. The van der Waals surface area contributed by atoms with Crippen molar-refractivity contribution in [1.29, 1.82) is 0 Å². The molecule has 2 atom stereocenters. The Balaban J connectivity index is 1.80. The van der Waals surface area contributed by atoms with E-state index in [4.69, 9.17) is 0 Å². The van der Waals surface area contributed by atoms with E-state index in [0.29, 0.717) is 0 Å². The molecule has 0 aromatic heterocycles. The van der Waals surface area contributed by atoms with Crippen LogP contribution in [0.25, 0.3) is 0 Å². The monoisotopic (exact) mass is 140 g/mol. The van der Waals surface area contributed by atoms with Crippen LogP contribution >= 0.6 is 0 Å². The Morgan fingerprint density at radius 3 is 2.50 bits per heavy atom. The lowest BCUT2D eigenvalue weighted by Gasteiger charge is -2.48. The van der Waals surface area contributed by atoms with Crippen LogP contribution < -0.4 is 5.32 Å². The van der Waals surface area contributed by atoms with Gasteiger partial charge in [-0.1, -0.05) is 6.92 Å². The molecule has 0 aromatic carbocycles. The van der Waals surface area contributed by atoms with Gasteiger partial charge in [0.25, 0.3) is 0 Å². The van der Waals surface area contributed by atoms with Gasteiger partial charge >= 0.3 is 0 Å². The maximum absolute atomic E-state index is 3.53. The van der Waals surface area contributed by atoms with Gasteiger partial charge in [0.15, 0.2) is 0 Å². The second-order valence-electron chi connectivity index (χ2n) is 3.56. The lowest BCUT2D eigenvalue weighted by atomic mass is 9.91. The van der Waals surface area contributed by atoms with Gasteiger partial charge in [0, 0.05) is 25.2 Å². The molecule has 58 valence electrons. The second kappa shape index (κ2) is 2.51. The van der Waals surface area contributed by atoms with Crippen LogP contribution in [0.1, 0.15) is 19.8 Å². The van der Waals surface area contributed by atoms with Crippen LogP contribution in [0.4, 0.5) is 0 Å². The topological polar surface area (TPSA) is 15.3 Å². The van der Waals surface area contributed by atoms with E-state index in [9.17, 15) is 0 Å². The largest absolute Gasteiger partial charge is 0.309 e. The van der Waals surface area contributed by atoms with E-state index >= 15 is 0 Å². The Morgan fingerprint density at radius 2 is 2.00 bits per heavy atom. The number of fused-ring (bicyclic) bond motifs is 2. The number of hydrogen-bond donors (Lipinski definition) is 1. The van der Waals surface area contributed by atoms with Crippen molar-refractivity contribution in [2.75, 3.05) is 19.6 Å². The van der Waals surface area contributed by atoms with E-state index in [1.165, 1.54) is 32.5 Å². The number of piperidine rings is 1. The van der Waals surface area contributed by atoms with E-state index in [2.05, 4.69) is 17.1 Å². The smallest absolute Gasteiger partial charge is 0.0213 e. The summed E-state index contributed by atoms with van der Waals surface area (Å²) in [5, 5.41) is 3.53. The molecule has 3 aliphatic rings.